The van der Waals surface area contributed by atoms with Gasteiger partial charge in [-0.05, 0) is 0 Å². The Hall–Kier alpha value is -3.55. The number of carboxylic acids is 1. The number of carboxylic acid groups (broad SMARTS) is 1. The normalized spacial score (nSPS) is 18.6. The van der Waals surface area contributed by atoms with E-state index in [0.29, 0.717) is 5.06 Å². The minimum atomic E-state index is -4.62. The number of hydroxylamine groups is 2. The summed E-state index contributed by atoms with van der Waals surface area (Å²) < 4.78 is 35.0. The Morgan fingerprint density at radius 2 is 2.06 bits per heavy atom. The summed E-state index contributed by atoms with van der Waals surface area (Å²) in [4.78, 5) is 59.5. The first-order valence-electron chi connectivity index (χ1n) is 8.16. The van der Waals surface area contributed by atoms with E-state index in [0.717, 1.165) is 11.3 Å². The van der Waals surface area contributed by atoms with Crippen molar-refractivity contribution in [3.63, 3.8) is 0 Å². The van der Waals surface area contributed by atoms with Crippen molar-refractivity contribution in [3.8, 4) is 0 Å². The SMILES string of the molecule is NC(=O)OC[C@H]1[C@H](NC(=O)/C(=N\OCC(=O)O)c2csc(N)n2)C(=O)N1OCS(=O)(=O)O. The smallest absolute Gasteiger partial charge is 0.404 e. The molecule has 176 valence electrons. The number of β-lactam (4-membered cyclic amide) rings is 1. The first-order valence-corrected chi connectivity index (χ1v) is 10.6. The van der Waals surface area contributed by atoms with Crippen molar-refractivity contribution in [2.24, 2.45) is 10.9 Å². The number of oxime groups is 1. The lowest BCUT2D eigenvalue weighted by molar-refractivity contribution is -0.232. The van der Waals surface area contributed by atoms with Gasteiger partial charge in [0.05, 0.1) is 0 Å². The van der Waals surface area contributed by atoms with Crippen LogP contribution in [0.25, 0.3) is 0 Å². The standard InChI is InChI=1S/C13H16N6O11S2/c14-12-16-5(3-31-12)8(18-29-2-7(20)21)10(22)17-9-6(1-28-13(15)24)19(11(9)23)30-4-32(25,26)27/h3,6,9H,1-2,4H2,(H2,14,16)(H2,15,24)(H,17,22)(H,20,21)(H,25,26,27)/b18-8-/t6-,9-/m0/s1. The number of hydrogen-bond donors (Lipinski definition) is 5. The predicted molar refractivity (Wildman–Crippen MR) is 102 cm³/mol. The number of nitrogens with zero attached hydrogens (tertiary/aromatic N) is 3. The van der Waals surface area contributed by atoms with Crippen molar-refractivity contribution in [1.29, 1.82) is 0 Å². The van der Waals surface area contributed by atoms with Crippen LogP contribution in [0, 0.1) is 0 Å². The van der Waals surface area contributed by atoms with Gasteiger partial charge >= 0.3 is 12.1 Å². The van der Waals surface area contributed by atoms with Crippen molar-refractivity contribution in [2.75, 3.05) is 24.9 Å². The molecule has 0 aromatic carbocycles. The van der Waals surface area contributed by atoms with E-state index in [9.17, 15) is 27.6 Å². The Kier molecular flexibility index (Phi) is 7.86. The maximum Gasteiger partial charge on any atom is 0.404 e. The molecule has 19 heteroatoms. The fraction of sp³-hybridized carbons (Fsp3) is 0.385. The quantitative estimate of drug-likeness (QED) is 0.0891. The number of hydrogen-bond acceptors (Lipinski definition) is 13. The molecule has 2 heterocycles. The van der Waals surface area contributed by atoms with Crippen LogP contribution in [-0.2, 0) is 38.9 Å². The Morgan fingerprint density at radius 1 is 1.38 bits per heavy atom. The predicted octanol–water partition coefficient (Wildman–Crippen LogP) is -2.90. The number of rotatable bonds is 11. The summed E-state index contributed by atoms with van der Waals surface area (Å²) in [5, 5.41) is 16.1. The minimum Gasteiger partial charge on any atom is -0.479 e. The second-order valence-electron chi connectivity index (χ2n) is 5.82. The molecule has 17 nitrogen and oxygen atoms in total. The van der Waals surface area contributed by atoms with Crippen LogP contribution < -0.4 is 16.8 Å². The molecule has 2 rings (SSSR count). The molecular weight excluding hydrogens is 480 g/mol. The molecule has 1 aromatic heterocycles. The molecule has 3 amide bonds. The fourth-order valence-corrected chi connectivity index (χ4v) is 3.05. The first kappa shape index (κ1) is 24.7. The van der Waals surface area contributed by atoms with Crippen LogP contribution in [0.3, 0.4) is 0 Å². The monoisotopic (exact) mass is 496 g/mol. The number of aromatic nitrogens is 1. The van der Waals surface area contributed by atoms with E-state index in [4.69, 9.17) is 21.1 Å². The van der Waals surface area contributed by atoms with Gasteiger partial charge in [-0.25, -0.2) is 19.6 Å². The van der Waals surface area contributed by atoms with E-state index >= 15 is 0 Å². The molecule has 1 aliphatic heterocycles. The van der Waals surface area contributed by atoms with Gasteiger partial charge in [-0.1, -0.05) is 5.16 Å². The Bertz CT molecular complexity index is 1040. The molecule has 0 unspecified atom stereocenters. The molecular formula is C13H16N6O11S2. The van der Waals surface area contributed by atoms with Crippen LogP contribution in [0.4, 0.5) is 9.93 Å². The van der Waals surface area contributed by atoms with Crippen molar-refractivity contribution in [2.45, 2.75) is 12.1 Å². The zero-order chi connectivity index (χ0) is 24.1. The number of thiazole rings is 1. The van der Waals surface area contributed by atoms with Crippen LogP contribution in [-0.4, -0.2) is 88.9 Å². The molecule has 0 saturated carbocycles. The number of carbonyl (C=O) groups is 4. The summed E-state index contributed by atoms with van der Waals surface area (Å²) in [6.07, 6.45) is -1.23. The van der Waals surface area contributed by atoms with Gasteiger partial charge in [0.2, 0.25) is 12.5 Å². The lowest BCUT2D eigenvalue weighted by Gasteiger charge is -2.44. The summed E-state index contributed by atoms with van der Waals surface area (Å²) in [7, 11) is -4.62. The average Bonchev–Trinajstić information content (AvgIpc) is 3.10. The van der Waals surface area contributed by atoms with Gasteiger partial charge in [0.15, 0.2) is 10.8 Å². The second-order valence-corrected chi connectivity index (χ2v) is 8.11. The average molecular weight is 496 g/mol. The van der Waals surface area contributed by atoms with Crippen LogP contribution in [0.1, 0.15) is 5.69 Å². The summed E-state index contributed by atoms with van der Waals surface area (Å²) >= 11 is 0.937. The summed E-state index contributed by atoms with van der Waals surface area (Å²) in [5.41, 5.74) is 9.75. The largest absolute Gasteiger partial charge is 0.479 e. The number of amides is 3. The first-order chi connectivity index (χ1) is 14.9. The molecule has 1 aliphatic rings. The zero-order valence-corrected chi connectivity index (χ0v) is 17.4. The maximum atomic E-state index is 12.7. The maximum absolute atomic E-state index is 12.7. The zero-order valence-electron chi connectivity index (χ0n) is 15.7. The van der Waals surface area contributed by atoms with E-state index in [1.807, 2.05) is 0 Å². The summed E-state index contributed by atoms with van der Waals surface area (Å²) in [5.74, 6) is -4.70. The summed E-state index contributed by atoms with van der Waals surface area (Å²) in [6, 6.07) is -2.65. The van der Waals surface area contributed by atoms with E-state index in [-0.39, 0.29) is 10.8 Å². The number of aliphatic carboxylic acids is 1. The number of primary amides is 1. The van der Waals surface area contributed by atoms with Crippen LogP contribution >= 0.6 is 11.3 Å². The highest BCUT2D eigenvalue weighted by molar-refractivity contribution is 7.85. The highest BCUT2D eigenvalue weighted by atomic mass is 32.2. The van der Waals surface area contributed by atoms with Gasteiger partial charge in [0, 0.05) is 5.38 Å². The second kappa shape index (κ2) is 10.2. The summed E-state index contributed by atoms with van der Waals surface area (Å²) in [6.45, 7) is -1.49. The molecule has 0 radical (unpaired) electrons. The number of nitrogens with one attached hydrogen (secondary N) is 1. The molecule has 1 aromatic rings. The van der Waals surface area contributed by atoms with Gasteiger partial charge in [0.1, 0.15) is 24.4 Å². The number of nitrogens with two attached hydrogens (primary N) is 2. The van der Waals surface area contributed by atoms with Gasteiger partial charge in [0.25, 0.3) is 21.9 Å². The molecule has 0 spiro atoms. The minimum absolute atomic E-state index is 0.0518. The Balaban J connectivity index is 2.19. The Labute approximate surface area is 182 Å². The highest BCUT2D eigenvalue weighted by Crippen LogP contribution is 2.22. The lowest BCUT2D eigenvalue weighted by atomic mass is 9.98. The van der Waals surface area contributed by atoms with Gasteiger partial charge in [-0.2, -0.15) is 8.42 Å². The molecule has 1 fully saturated rings. The van der Waals surface area contributed by atoms with Crippen molar-refractivity contribution in [1.82, 2.24) is 15.4 Å². The van der Waals surface area contributed by atoms with Crippen LogP contribution in [0.2, 0.25) is 0 Å². The molecule has 7 N–H and O–H groups in total. The van der Waals surface area contributed by atoms with E-state index in [2.05, 4.69) is 29.9 Å². The molecule has 0 bridgehead atoms. The number of nitrogen functional groups attached to an aromatic ring is 1. The topological polar surface area (TPSA) is 263 Å². The third-order valence-corrected chi connectivity index (χ3v) is 4.59. The third-order valence-electron chi connectivity index (χ3n) is 3.52. The van der Waals surface area contributed by atoms with Crippen molar-refractivity contribution in [3.05, 3.63) is 11.1 Å². The molecule has 2 atom stereocenters. The van der Waals surface area contributed by atoms with Crippen LogP contribution in [0.5, 0.6) is 0 Å². The number of carbonyl (C=O) groups excluding carboxylic acids is 3. The van der Waals surface area contributed by atoms with Crippen LogP contribution in [0.15, 0.2) is 10.5 Å². The van der Waals surface area contributed by atoms with E-state index < -0.39 is 70.9 Å². The van der Waals surface area contributed by atoms with Gasteiger partial charge in [-0.15, -0.1) is 11.3 Å². The van der Waals surface area contributed by atoms with E-state index in [1.165, 1.54) is 5.38 Å². The van der Waals surface area contributed by atoms with Gasteiger partial charge < -0.3 is 31.5 Å². The highest BCUT2D eigenvalue weighted by Gasteiger charge is 2.51. The Morgan fingerprint density at radius 3 is 2.59 bits per heavy atom. The van der Waals surface area contributed by atoms with Gasteiger partial charge in [-0.3, -0.25) is 19.0 Å². The lowest BCUT2D eigenvalue weighted by Crippen LogP contribution is -2.72. The fourth-order valence-electron chi connectivity index (χ4n) is 2.25. The van der Waals surface area contributed by atoms with E-state index in [1.54, 1.807) is 0 Å². The van der Waals surface area contributed by atoms with Crippen molar-refractivity contribution >= 4 is 56.2 Å². The third kappa shape index (κ3) is 6.73. The molecule has 1 saturated heterocycles. The molecule has 0 aliphatic carbocycles. The van der Waals surface area contributed by atoms with Crippen molar-refractivity contribution < 1.29 is 51.7 Å². The number of ether oxygens (including phenoxy) is 1. The molecule has 32 heavy (non-hydrogen) atoms. The number of anilines is 1.